The van der Waals surface area contributed by atoms with Crippen LogP contribution in [0.2, 0.25) is 5.02 Å². The van der Waals surface area contributed by atoms with E-state index in [0.29, 0.717) is 37.6 Å². The van der Waals surface area contributed by atoms with Crippen molar-refractivity contribution in [1.82, 2.24) is 19.8 Å². The van der Waals surface area contributed by atoms with Crippen LogP contribution in [0.3, 0.4) is 0 Å². The molecule has 2 saturated heterocycles. The molecule has 2 aliphatic rings. The molecule has 1 aromatic heterocycles. The number of anilines is 1. The number of rotatable bonds is 8. The number of piperazine rings is 1. The zero-order valence-corrected chi connectivity index (χ0v) is 22.8. The van der Waals surface area contributed by atoms with Crippen molar-refractivity contribution >= 4 is 23.5 Å². The Kier molecular flexibility index (Phi) is 8.57. The van der Waals surface area contributed by atoms with Crippen molar-refractivity contribution in [3.63, 3.8) is 0 Å². The van der Waals surface area contributed by atoms with E-state index >= 15 is 0 Å². The fraction of sp³-hybridized carbons (Fsp3) is 0.433. The minimum atomic E-state index is -0.00402. The average molecular weight is 534 g/mol. The molecule has 5 rings (SSSR count). The largest absolute Gasteiger partial charge is 0.395 e. The lowest BCUT2D eigenvalue weighted by molar-refractivity contribution is 0.0613. The van der Waals surface area contributed by atoms with Crippen molar-refractivity contribution in [2.75, 3.05) is 50.8 Å². The van der Waals surface area contributed by atoms with Crippen LogP contribution in [0.4, 0.5) is 5.95 Å². The first-order valence-electron chi connectivity index (χ1n) is 13.6. The van der Waals surface area contributed by atoms with Crippen molar-refractivity contribution < 1.29 is 9.90 Å². The predicted octanol–water partition coefficient (Wildman–Crippen LogP) is 4.32. The Bertz CT molecular complexity index is 1240. The van der Waals surface area contributed by atoms with Gasteiger partial charge < -0.3 is 14.9 Å². The van der Waals surface area contributed by atoms with Crippen molar-refractivity contribution in [3.8, 4) is 0 Å². The number of aliphatic hydroxyl groups is 1. The molecular weight excluding hydrogens is 498 g/mol. The molecule has 38 heavy (non-hydrogen) atoms. The zero-order valence-electron chi connectivity index (χ0n) is 22.0. The van der Waals surface area contributed by atoms with Gasteiger partial charge in [0.25, 0.3) is 5.91 Å². The SMILES string of the molecule is Cc1ccccc1CCc1nc(N2CCCC2c2ccc(Cl)cc2)ncc1C(=O)N1CCN(CCO)CC1. The maximum atomic E-state index is 13.7. The topological polar surface area (TPSA) is 72.8 Å². The molecule has 2 fully saturated rings. The lowest BCUT2D eigenvalue weighted by atomic mass is 10.0. The Morgan fingerprint density at radius 1 is 1.03 bits per heavy atom. The molecule has 2 aromatic carbocycles. The molecule has 1 amide bonds. The number of halogens is 1. The lowest BCUT2D eigenvalue weighted by Crippen LogP contribution is -2.49. The number of carbonyl (C=O) groups is 1. The second-order valence-electron chi connectivity index (χ2n) is 10.2. The van der Waals surface area contributed by atoms with Gasteiger partial charge in [-0.3, -0.25) is 9.69 Å². The van der Waals surface area contributed by atoms with Crippen LogP contribution in [0.25, 0.3) is 0 Å². The fourth-order valence-electron chi connectivity index (χ4n) is 5.58. The number of carbonyl (C=O) groups excluding carboxylic acids is 1. The van der Waals surface area contributed by atoms with Gasteiger partial charge in [0, 0.05) is 50.5 Å². The van der Waals surface area contributed by atoms with E-state index in [-0.39, 0.29) is 18.6 Å². The zero-order chi connectivity index (χ0) is 26.5. The summed E-state index contributed by atoms with van der Waals surface area (Å²) in [6, 6.07) is 16.6. The second kappa shape index (κ2) is 12.2. The first kappa shape index (κ1) is 26.6. The van der Waals surface area contributed by atoms with E-state index < -0.39 is 0 Å². The van der Waals surface area contributed by atoms with Crippen LogP contribution in [0.5, 0.6) is 0 Å². The molecule has 0 radical (unpaired) electrons. The van der Waals surface area contributed by atoms with E-state index in [2.05, 4.69) is 53.1 Å². The molecule has 8 heteroatoms. The summed E-state index contributed by atoms with van der Waals surface area (Å²) >= 11 is 6.14. The Hall–Kier alpha value is -3.00. The van der Waals surface area contributed by atoms with Crippen LogP contribution in [-0.4, -0.2) is 76.7 Å². The maximum Gasteiger partial charge on any atom is 0.257 e. The van der Waals surface area contributed by atoms with Crippen LogP contribution in [0.15, 0.2) is 54.7 Å². The summed E-state index contributed by atoms with van der Waals surface area (Å²) in [5.74, 6) is 0.683. The Morgan fingerprint density at radius 3 is 2.53 bits per heavy atom. The number of nitrogens with zero attached hydrogens (tertiary/aromatic N) is 5. The highest BCUT2D eigenvalue weighted by atomic mass is 35.5. The number of β-amino-alcohol motifs (C(OH)–C–C–N with tert-alkyl or cyclic N) is 1. The molecule has 0 aliphatic carbocycles. The Morgan fingerprint density at radius 2 is 1.79 bits per heavy atom. The Labute approximate surface area is 230 Å². The minimum Gasteiger partial charge on any atom is -0.395 e. The summed E-state index contributed by atoms with van der Waals surface area (Å²) in [7, 11) is 0. The predicted molar refractivity (Wildman–Crippen MR) is 151 cm³/mol. The third kappa shape index (κ3) is 6.01. The molecule has 0 spiro atoms. The van der Waals surface area contributed by atoms with Crippen molar-refractivity contribution in [2.45, 2.75) is 38.6 Å². The monoisotopic (exact) mass is 533 g/mol. The molecule has 3 heterocycles. The van der Waals surface area contributed by atoms with E-state index in [1.54, 1.807) is 6.20 Å². The van der Waals surface area contributed by atoms with Gasteiger partial charge >= 0.3 is 0 Å². The van der Waals surface area contributed by atoms with Gasteiger partial charge in [-0.1, -0.05) is 48.0 Å². The molecule has 7 nitrogen and oxygen atoms in total. The molecular formula is C30H36ClN5O2. The van der Waals surface area contributed by atoms with Crippen LogP contribution in [0.1, 0.15) is 51.6 Å². The van der Waals surface area contributed by atoms with E-state index in [0.717, 1.165) is 49.6 Å². The van der Waals surface area contributed by atoms with E-state index in [1.807, 2.05) is 17.0 Å². The molecule has 1 atom stereocenters. The van der Waals surface area contributed by atoms with Gasteiger partial charge in [0.2, 0.25) is 5.95 Å². The highest BCUT2D eigenvalue weighted by Crippen LogP contribution is 2.35. The maximum absolute atomic E-state index is 13.7. The van der Waals surface area contributed by atoms with Gasteiger partial charge in [0.1, 0.15) is 0 Å². The third-order valence-corrected chi connectivity index (χ3v) is 8.07. The number of hydrogen-bond donors (Lipinski definition) is 1. The molecule has 200 valence electrons. The van der Waals surface area contributed by atoms with Crippen LogP contribution in [-0.2, 0) is 12.8 Å². The van der Waals surface area contributed by atoms with Crippen LogP contribution >= 0.6 is 11.6 Å². The van der Waals surface area contributed by atoms with Crippen LogP contribution < -0.4 is 4.90 Å². The number of aryl methyl sites for hydroxylation is 3. The molecule has 1 N–H and O–H groups in total. The van der Waals surface area contributed by atoms with Gasteiger partial charge in [-0.25, -0.2) is 9.97 Å². The number of aromatic nitrogens is 2. The normalized spacial score (nSPS) is 18.2. The van der Waals surface area contributed by atoms with Gasteiger partial charge in [0.05, 0.1) is 23.9 Å². The first-order chi connectivity index (χ1) is 18.5. The van der Waals surface area contributed by atoms with Gasteiger partial charge in [-0.15, -0.1) is 0 Å². The quantitative estimate of drug-likeness (QED) is 0.465. The summed E-state index contributed by atoms with van der Waals surface area (Å²) in [5.41, 5.74) is 5.13. The minimum absolute atomic E-state index is 0.00402. The van der Waals surface area contributed by atoms with Crippen LogP contribution in [0, 0.1) is 6.92 Å². The van der Waals surface area contributed by atoms with E-state index in [1.165, 1.54) is 16.7 Å². The van der Waals surface area contributed by atoms with Crippen molar-refractivity contribution in [2.24, 2.45) is 0 Å². The Balaban J connectivity index is 1.41. The van der Waals surface area contributed by atoms with Crippen molar-refractivity contribution in [1.29, 1.82) is 0 Å². The smallest absolute Gasteiger partial charge is 0.257 e. The molecule has 0 saturated carbocycles. The third-order valence-electron chi connectivity index (χ3n) is 7.82. The summed E-state index contributed by atoms with van der Waals surface area (Å²) in [6.07, 6.45) is 5.32. The van der Waals surface area contributed by atoms with E-state index in [9.17, 15) is 9.90 Å². The van der Waals surface area contributed by atoms with Gasteiger partial charge in [0.15, 0.2) is 0 Å². The highest BCUT2D eigenvalue weighted by Gasteiger charge is 2.30. The molecule has 2 aliphatic heterocycles. The summed E-state index contributed by atoms with van der Waals surface area (Å²) < 4.78 is 0. The number of hydrogen-bond acceptors (Lipinski definition) is 6. The standard InChI is InChI=1S/C30H36ClN5O2/c1-22-5-2-3-6-23(22)10-13-27-26(29(38)35-17-15-34(16-18-35)19-20-37)21-32-30(33-27)36-14-4-7-28(36)24-8-11-25(31)12-9-24/h2-3,5-6,8-9,11-12,21,28,37H,4,7,10,13-20H2,1H3. The van der Waals surface area contributed by atoms with Gasteiger partial charge in [-0.2, -0.15) is 0 Å². The number of aliphatic hydroxyl groups excluding tert-OH is 1. The molecule has 0 bridgehead atoms. The number of amides is 1. The van der Waals surface area contributed by atoms with Gasteiger partial charge in [-0.05, 0) is 61.4 Å². The van der Waals surface area contributed by atoms with E-state index in [4.69, 9.17) is 21.6 Å². The number of benzene rings is 2. The summed E-state index contributed by atoms with van der Waals surface area (Å²) in [4.78, 5) is 29.8. The first-order valence-corrected chi connectivity index (χ1v) is 14.0. The average Bonchev–Trinajstić information content (AvgIpc) is 3.43. The summed E-state index contributed by atoms with van der Waals surface area (Å²) in [5, 5.41) is 9.98. The molecule has 1 unspecified atom stereocenters. The van der Waals surface area contributed by atoms with Crippen molar-refractivity contribution in [3.05, 3.63) is 87.7 Å². The summed E-state index contributed by atoms with van der Waals surface area (Å²) in [6.45, 7) is 6.60. The lowest BCUT2D eigenvalue weighted by Gasteiger charge is -2.34. The second-order valence-corrected chi connectivity index (χ2v) is 10.7. The highest BCUT2D eigenvalue weighted by molar-refractivity contribution is 6.30. The fourth-order valence-corrected chi connectivity index (χ4v) is 5.71. The molecule has 3 aromatic rings.